The van der Waals surface area contributed by atoms with Crippen molar-refractivity contribution in [2.75, 3.05) is 30.3 Å². The minimum absolute atomic E-state index is 0.0153. The van der Waals surface area contributed by atoms with Crippen LogP contribution in [0.5, 0.6) is 0 Å². The van der Waals surface area contributed by atoms with Gasteiger partial charge in [0.25, 0.3) is 0 Å². The van der Waals surface area contributed by atoms with Gasteiger partial charge in [-0.05, 0) is 75.5 Å². The number of carbonyl (C=O) groups is 7. The molecule has 2 aliphatic rings. The number of alkyl halides is 1. The molecule has 10 N–H and O–H groups in total. The number of aromatic nitrogens is 4. The summed E-state index contributed by atoms with van der Waals surface area (Å²) in [6.45, 7) is 15.0. The normalized spacial score (nSPS) is 21.0. The fourth-order valence-electron chi connectivity index (χ4n) is 9.70. The number of nitrogens with one attached hydrogen (secondary N) is 7. The standard InChI is InChI=1S/C56H84IN11O12/c1-9-13-24-56(57,12-4)38-28-43(72)68(54(38)77)26-23-42(71)65-44(32(5)6)52(76)61-34(8)51(75)62-37-21-19-36(20-22-37)30-79-55(78)58-25-15-14-16-41(70)66-45-39(29-69)80-53(48(74)47(45)73)67-50-46-49(59-31-60-50)64-40(63-46)27-33(7)17-18-35(10-2)11-3/h17,19-22,31-32,34-35,38-39,44-45,47-48,53,69,73-74H,9-16,18,23-30H2,1-8H3,(H,58,78)(H,61,76)(H,62,75)(H,65,71)(H,66,70)(H2,59,60,63,64,67)/t34-,38?,39-,44-,45-,47+,48-,53-,56?/m0/s1. The van der Waals surface area contributed by atoms with Gasteiger partial charge < -0.3 is 61.7 Å². The SMILES string of the molecule is CCCCC(I)(CC)C1CC(=O)N(CCC(=O)N[C@H](C(=O)N[C@@H](C)C(=O)Nc2ccc(COC(=O)NCCCCC(=O)N[C@@H]3[C@@H](O)[C@H](O)[C@@H](Nc4ncnc5nc(CC(C)=CCC(CC)CC)[nH]c45)O[C@H]3CO)cc2)C(C)C)C1=O. The molecule has 23 nitrogen and oxygen atoms in total. The van der Waals surface area contributed by atoms with Crippen molar-refractivity contribution < 1.29 is 58.4 Å². The summed E-state index contributed by atoms with van der Waals surface area (Å²) < 4.78 is 10.9. The van der Waals surface area contributed by atoms with E-state index < -0.39 is 84.9 Å². The Morgan fingerprint density at radius 1 is 0.950 bits per heavy atom. The molecule has 9 atom stereocenters. The van der Waals surface area contributed by atoms with Crippen LogP contribution in [0.1, 0.15) is 144 Å². The smallest absolute Gasteiger partial charge is 0.407 e. The fourth-order valence-corrected chi connectivity index (χ4v) is 10.6. The summed E-state index contributed by atoms with van der Waals surface area (Å²) in [5.41, 5.74) is 3.08. The Bertz CT molecular complexity index is 2600. The van der Waals surface area contributed by atoms with Gasteiger partial charge in [0.1, 0.15) is 54.7 Å². The van der Waals surface area contributed by atoms with Crippen LogP contribution in [0.2, 0.25) is 0 Å². The van der Waals surface area contributed by atoms with E-state index >= 15 is 0 Å². The van der Waals surface area contributed by atoms with Crippen LogP contribution in [-0.2, 0) is 51.3 Å². The van der Waals surface area contributed by atoms with Crippen LogP contribution >= 0.6 is 22.6 Å². The quantitative estimate of drug-likeness (QED) is 0.0130. The largest absolute Gasteiger partial charge is 0.445 e. The highest BCUT2D eigenvalue weighted by molar-refractivity contribution is 14.1. The number of alkyl carbamates (subject to hydrolysis) is 1. The number of anilines is 2. The number of aliphatic hydroxyl groups excluding tert-OH is 3. The number of unbranched alkanes of at least 4 members (excludes halogenated alkanes) is 2. The Hall–Kier alpha value is -5.83. The van der Waals surface area contributed by atoms with Crippen molar-refractivity contribution in [1.29, 1.82) is 0 Å². The van der Waals surface area contributed by atoms with E-state index in [1.165, 1.54) is 13.3 Å². The van der Waals surface area contributed by atoms with Crippen LogP contribution in [0.4, 0.5) is 16.3 Å². The number of ether oxygens (including phenoxy) is 2. The molecule has 3 aromatic rings. The number of nitrogens with zero attached hydrogens (tertiary/aromatic N) is 4. The molecular formula is C56H84IN11O12. The molecule has 7 amide bonds. The average molecular weight is 1230 g/mol. The van der Waals surface area contributed by atoms with E-state index in [1.54, 1.807) is 38.1 Å². The first-order valence-corrected chi connectivity index (χ1v) is 29.2. The second-order valence-corrected chi connectivity index (χ2v) is 23.4. The van der Waals surface area contributed by atoms with E-state index in [0.29, 0.717) is 53.4 Å². The molecule has 2 fully saturated rings. The highest BCUT2D eigenvalue weighted by atomic mass is 127. The van der Waals surface area contributed by atoms with Crippen LogP contribution in [0.15, 0.2) is 42.2 Å². The number of aliphatic hydroxyl groups is 3. The number of imidazole rings is 1. The van der Waals surface area contributed by atoms with Gasteiger partial charge in [0.05, 0.1) is 18.6 Å². The van der Waals surface area contributed by atoms with Crippen molar-refractivity contribution in [1.82, 2.24) is 46.1 Å². The highest BCUT2D eigenvalue weighted by Crippen LogP contribution is 2.43. The maximum absolute atomic E-state index is 13.3. The van der Waals surface area contributed by atoms with Crippen molar-refractivity contribution >= 4 is 86.8 Å². The van der Waals surface area contributed by atoms with Crippen molar-refractivity contribution in [3.8, 4) is 0 Å². The number of hydrogen-bond donors (Lipinski definition) is 10. The molecule has 0 radical (unpaired) electrons. The number of carbonyl (C=O) groups excluding carboxylic acids is 7. The van der Waals surface area contributed by atoms with E-state index in [-0.39, 0.29) is 65.9 Å². The molecule has 5 rings (SSSR count). The molecule has 2 aliphatic heterocycles. The van der Waals surface area contributed by atoms with Crippen LogP contribution in [-0.4, -0.2) is 147 Å². The zero-order valence-corrected chi connectivity index (χ0v) is 49.6. The van der Waals surface area contributed by atoms with E-state index in [9.17, 15) is 48.9 Å². The van der Waals surface area contributed by atoms with Crippen molar-refractivity contribution in [2.45, 2.75) is 192 Å². The maximum atomic E-state index is 13.3. The third-order valence-corrected chi connectivity index (χ3v) is 17.0. The molecule has 80 heavy (non-hydrogen) atoms. The van der Waals surface area contributed by atoms with Gasteiger partial charge in [-0.3, -0.25) is 33.7 Å². The Kier molecular flexibility index (Phi) is 25.5. The number of aromatic amines is 1. The van der Waals surface area contributed by atoms with Crippen LogP contribution in [0.3, 0.4) is 0 Å². The molecule has 0 spiro atoms. The Balaban J connectivity index is 0.975. The van der Waals surface area contributed by atoms with Gasteiger partial charge in [0.15, 0.2) is 17.7 Å². The molecule has 4 heterocycles. The lowest BCUT2D eigenvalue weighted by atomic mass is 9.84. The lowest BCUT2D eigenvalue weighted by molar-refractivity contribution is -0.185. The first-order valence-electron chi connectivity index (χ1n) is 28.1. The Morgan fingerprint density at radius 2 is 1.68 bits per heavy atom. The minimum atomic E-state index is -1.53. The minimum Gasteiger partial charge on any atom is -0.445 e. The van der Waals surface area contributed by atoms with E-state index in [0.717, 1.165) is 55.4 Å². The third-order valence-electron chi connectivity index (χ3n) is 14.9. The molecule has 2 unspecified atom stereocenters. The first kappa shape index (κ1) is 65.0. The van der Waals surface area contributed by atoms with Gasteiger partial charge in [-0.2, -0.15) is 0 Å². The summed E-state index contributed by atoms with van der Waals surface area (Å²) in [4.78, 5) is 109. The van der Waals surface area contributed by atoms with Crippen LogP contribution < -0.4 is 31.9 Å². The van der Waals surface area contributed by atoms with Crippen molar-refractivity contribution in [2.24, 2.45) is 17.8 Å². The fraction of sp³-hybridized carbons (Fsp3) is 0.643. The zero-order chi connectivity index (χ0) is 58.7. The number of likely N-dealkylation sites (tertiary alicyclic amines) is 1. The number of allylic oxidation sites excluding steroid dienone is 2. The number of H-pyrrole nitrogens is 1. The number of halogens is 1. The lowest BCUT2D eigenvalue weighted by Gasteiger charge is -2.42. The monoisotopic (exact) mass is 1230 g/mol. The van der Waals surface area contributed by atoms with E-state index in [1.807, 2.05) is 6.92 Å². The van der Waals surface area contributed by atoms with Crippen LogP contribution in [0.25, 0.3) is 11.2 Å². The topological polar surface area (TPSA) is 329 Å². The Morgan fingerprint density at radius 3 is 2.34 bits per heavy atom. The van der Waals surface area contributed by atoms with Gasteiger partial charge >= 0.3 is 6.09 Å². The summed E-state index contributed by atoms with van der Waals surface area (Å²) in [5.74, 6) is -1.83. The average Bonchev–Trinajstić information content (AvgIpc) is 4.03. The summed E-state index contributed by atoms with van der Waals surface area (Å²) in [7, 11) is 0. The van der Waals surface area contributed by atoms with Crippen molar-refractivity contribution in [3.05, 3.63) is 53.6 Å². The molecule has 2 aromatic heterocycles. The lowest BCUT2D eigenvalue weighted by Crippen LogP contribution is -2.65. The highest BCUT2D eigenvalue weighted by Gasteiger charge is 2.49. The number of hydrogen-bond acceptors (Lipinski definition) is 16. The molecule has 442 valence electrons. The molecule has 0 saturated carbocycles. The second kappa shape index (κ2) is 31.4. The summed E-state index contributed by atoms with van der Waals surface area (Å²) in [6, 6.07) is 3.41. The molecule has 24 heteroatoms. The maximum Gasteiger partial charge on any atom is 0.407 e. The van der Waals surface area contributed by atoms with Crippen molar-refractivity contribution in [3.63, 3.8) is 0 Å². The number of benzene rings is 1. The predicted octanol–water partition coefficient (Wildman–Crippen LogP) is 5.22. The molecular weight excluding hydrogens is 1150 g/mol. The zero-order valence-electron chi connectivity index (χ0n) is 47.4. The molecule has 1 aromatic carbocycles. The Labute approximate surface area is 482 Å². The summed E-state index contributed by atoms with van der Waals surface area (Å²) in [5, 5.41) is 48.8. The summed E-state index contributed by atoms with van der Waals surface area (Å²) in [6.07, 6.45) is 5.54. The number of amides is 7. The molecule has 0 bridgehead atoms. The number of imide groups is 1. The predicted molar refractivity (Wildman–Crippen MR) is 309 cm³/mol. The van der Waals surface area contributed by atoms with Crippen LogP contribution in [0, 0.1) is 17.8 Å². The summed E-state index contributed by atoms with van der Waals surface area (Å²) >= 11 is 2.32. The van der Waals surface area contributed by atoms with E-state index in [2.05, 4.69) is 108 Å². The van der Waals surface area contributed by atoms with Gasteiger partial charge in [0.2, 0.25) is 35.4 Å². The van der Waals surface area contributed by atoms with Gasteiger partial charge in [-0.25, -0.2) is 19.7 Å². The second-order valence-electron chi connectivity index (χ2n) is 21.3. The van der Waals surface area contributed by atoms with Gasteiger partial charge in [-0.15, -0.1) is 0 Å². The van der Waals surface area contributed by atoms with Gasteiger partial charge in [-0.1, -0.05) is 114 Å². The van der Waals surface area contributed by atoms with E-state index in [4.69, 9.17) is 9.47 Å². The van der Waals surface area contributed by atoms with Gasteiger partial charge in [0, 0.05) is 47.9 Å². The number of fused-ring (bicyclic) bond motifs is 1. The first-order chi connectivity index (χ1) is 38.1. The molecule has 0 aliphatic carbocycles. The molecule has 2 saturated heterocycles. The third kappa shape index (κ3) is 18.3. The number of rotatable bonds is 31.